The van der Waals surface area contributed by atoms with Crippen molar-refractivity contribution in [3.63, 3.8) is 0 Å². The molecule has 0 rings (SSSR count). The number of hydrogen-bond donors (Lipinski definition) is 3. The molecule has 0 aliphatic heterocycles. The molecule has 0 aromatic carbocycles. The molecule has 0 aliphatic carbocycles. The molecule has 0 amide bonds. The minimum absolute atomic E-state index is 1.12. The van der Waals surface area contributed by atoms with Gasteiger partial charge in [-0.05, 0) is 65.0 Å². The van der Waals surface area contributed by atoms with Crippen LogP contribution >= 0.6 is 0 Å². The van der Waals surface area contributed by atoms with Crippen molar-refractivity contribution in [3.8, 4) is 0 Å². The summed E-state index contributed by atoms with van der Waals surface area (Å²) >= 11 is 0. The summed E-state index contributed by atoms with van der Waals surface area (Å²) in [5, 5.41) is 10.4. The first kappa shape index (κ1) is 24.9. The Balaban J connectivity index is 2.94. The van der Waals surface area contributed by atoms with E-state index in [0.717, 1.165) is 13.1 Å². The van der Waals surface area contributed by atoms with Crippen LogP contribution in [0.5, 0.6) is 0 Å². The Morgan fingerprint density at radius 2 is 0.560 bits per heavy atom. The van der Waals surface area contributed by atoms with E-state index in [2.05, 4.69) is 29.8 Å². The highest BCUT2D eigenvalue weighted by Crippen LogP contribution is 2.07. The van der Waals surface area contributed by atoms with Gasteiger partial charge in [0.05, 0.1) is 0 Å². The second kappa shape index (κ2) is 23.9. The van der Waals surface area contributed by atoms with Crippen LogP contribution in [0.3, 0.4) is 0 Å². The molecule has 0 fully saturated rings. The summed E-state index contributed by atoms with van der Waals surface area (Å²) < 4.78 is 0. The summed E-state index contributed by atoms with van der Waals surface area (Å²) in [6.45, 7) is 11.5. The summed E-state index contributed by atoms with van der Waals surface area (Å²) in [5.74, 6) is 0. The lowest BCUT2D eigenvalue weighted by Crippen LogP contribution is -2.16. The Hall–Kier alpha value is -0.120. The van der Waals surface area contributed by atoms with Gasteiger partial charge in [0.25, 0.3) is 0 Å². The van der Waals surface area contributed by atoms with Crippen molar-refractivity contribution in [3.05, 3.63) is 0 Å². The lowest BCUT2D eigenvalue weighted by atomic mass is 10.1. The predicted octanol–water partition coefficient (Wildman–Crippen LogP) is 5.26. The first-order valence-corrected chi connectivity index (χ1v) is 11.5. The van der Waals surface area contributed by atoms with Crippen LogP contribution < -0.4 is 16.0 Å². The van der Waals surface area contributed by atoms with Gasteiger partial charge in [-0.15, -0.1) is 0 Å². The third-order valence-corrected chi connectivity index (χ3v) is 4.91. The molecule has 0 unspecified atom stereocenters. The van der Waals surface area contributed by atoms with E-state index in [0.29, 0.717) is 0 Å². The summed E-state index contributed by atoms with van der Waals surface area (Å²) in [6, 6.07) is 0. The molecular weight excluding hydrogens is 306 g/mol. The maximum Gasteiger partial charge on any atom is -0.00489 e. The van der Waals surface area contributed by atoms with Crippen LogP contribution in [0, 0.1) is 0 Å². The number of nitrogens with one attached hydrogen (secondary N) is 3. The van der Waals surface area contributed by atoms with Crippen LogP contribution in [0.15, 0.2) is 0 Å². The van der Waals surface area contributed by atoms with E-state index in [9.17, 15) is 0 Å². The molecule has 25 heavy (non-hydrogen) atoms. The number of unbranched alkanes of at least 4 members (excludes halogenated alkanes) is 12. The zero-order chi connectivity index (χ0) is 18.3. The molecule has 152 valence electrons. The Kier molecular flexibility index (Phi) is 23.8. The van der Waals surface area contributed by atoms with E-state index < -0.39 is 0 Å². The van der Waals surface area contributed by atoms with Gasteiger partial charge in [-0.1, -0.05) is 78.1 Å². The summed E-state index contributed by atoms with van der Waals surface area (Å²) in [5.41, 5.74) is 0. The largest absolute Gasteiger partial charge is 0.317 e. The first-order chi connectivity index (χ1) is 12.4. The quantitative estimate of drug-likeness (QED) is 0.232. The lowest BCUT2D eigenvalue weighted by molar-refractivity contribution is 0.528. The minimum atomic E-state index is 1.12. The molecule has 0 saturated carbocycles. The topological polar surface area (TPSA) is 36.1 Å². The molecule has 0 atom stereocenters. The third-order valence-electron chi connectivity index (χ3n) is 4.91. The second-order valence-electron chi connectivity index (χ2n) is 7.41. The lowest BCUT2D eigenvalue weighted by Gasteiger charge is -2.06. The van der Waals surface area contributed by atoms with Crippen LogP contribution in [-0.2, 0) is 0 Å². The molecule has 0 bridgehead atoms. The molecule has 0 aromatic rings. The molecule has 0 spiro atoms. The Labute approximate surface area is 159 Å². The van der Waals surface area contributed by atoms with Gasteiger partial charge in [0.1, 0.15) is 0 Å². The smallest absolute Gasteiger partial charge is 0.00489 e. The van der Waals surface area contributed by atoms with Crippen LogP contribution in [-0.4, -0.2) is 39.3 Å². The van der Waals surface area contributed by atoms with Crippen molar-refractivity contribution in [2.75, 3.05) is 39.3 Å². The molecule has 0 radical (unpaired) electrons. The van der Waals surface area contributed by atoms with Crippen LogP contribution in [0.4, 0.5) is 0 Å². The Morgan fingerprint density at radius 3 is 0.840 bits per heavy atom. The second-order valence-corrected chi connectivity index (χ2v) is 7.41. The predicted molar refractivity (Wildman–Crippen MR) is 115 cm³/mol. The first-order valence-electron chi connectivity index (χ1n) is 11.5. The molecule has 0 saturated heterocycles. The van der Waals surface area contributed by atoms with Crippen molar-refractivity contribution in [1.29, 1.82) is 0 Å². The Bertz CT molecular complexity index is 199. The maximum atomic E-state index is 3.62. The minimum Gasteiger partial charge on any atom is -0.317 e. The molecule has 0 aliphatic rings. The highest BCUT2D eigenvalue weighted by Gasteiger charge is 1.94. The molecule has 3 nitrogen and oxygen atoms in total. The number of hydrogen-bond acceptors (Lipinski definition) is 3. The van der Waals surface area contributed by atoms with Gasteiger partial charge in [0.15, 0.2) is 0 Å². The standard InChI is InChI=1S/C22H49N3/c1-3-23-19-15-11-7-5-9-13-17-21-25-22-18-14-10-6-8-12-16-20-24-4-2/h23-25H,3-22H2,1-2H3. The van der Waals surface area contributed by atoms with E-state index >= 15 is 0 Å². The number of rotatable bonds is 22. The third kappa shape index (κ3) is 23.9. The Morgan fingerprint density at radius 1 is 0.320 bits per heavy atom. The van der Waals surface area contributed by atoms with Crippen molar-refractivity contribution in [1.82, 2.24) is 16.0 Å². The SMILES string of the molecule is CCNCCCCCCCCCNCCCCCCCCCNCC. The zero-order valence-electron chi connectivity index (χ0n) is 17.6. The fourth-order valence-corrected chi connectivity index (χ4v) is 3.25. The molecule has 0 aromatic heterocycles. The van der Waals surface area contributed by atoms with E-state index in [-0.39, 0.29) is 0 Å². The molecule has 3 heteroatoms. The monoisotopic (exact) mass is 355 g/mol. The van der Waals surface area contributed by atoms with E-state index in [1.807, 2.05) is 0 Å². The van der Waals surface area contributed by atoms with Crippen molar-refractivity contribution >= 4 is 0 Å². The van der Waals surface area contributed by atoms with Gasteiger partial charge in [-0.25, -0.2) is 0 Å². The van der Waals surface area contributed by atoms with Crippen LogP contribution in [0.2, 0.25) is 0 Å². The normalized spacial score (nSPS) is 11.3. The molecule has 3 N–H and O–H groups in total. The van der Waals surface area contributed by atoms with Gasteiger partial charge in [0, 0.05) is 0 Å². The summed E-state index contributed by atoms with van der Waals surface area (Å²) in [7, 11) is 0. The molecule has 0 heterocycles. The highest BCUT2D eigenvalue weighted by molar-refractivity contribution is 4.53. The van der Waals surface area contributed by atoms with Gasteiger partial charge >= 0.3 is 0 Å². The van der Waals surface area contributed by atoms with Crippen LogP contribution in [0.25, 0.3) is 0 Å². The van der Waals surface area contributed by atoms with E-state index in [1.54, 1.807) is 0 Å². The average molecular weight is 356 g/mol. The van der Waals surface area contributed by atoms with Crippen molar-refractivity contribution in [2.24, 2.45) is 0 Å². The zero-order valence-corrected chi connectivity index (χ0v) is 17.6. The maximum absolute atomic E-state index is 3.62. The van der Waals surface area contributed by atoms with Crippen molar-refractivity contribution in [2.45, 2.75) is 104 Å². The van der Waals surface area contributed by atoms with Gasteiger partial charge in [-0.3, -0.25) is 0 Å². The van der Waals surface area contributed by atoms with Crippen LogP contribution in [0.1, 0.15) is 104 Å². The van der Waals surface area contributed by atoms with Gasteiger partial charge in [0.2, 0.25) is 0 Å². The van der Waals surface area contributed by atoms with Gasteiger partial charge in [-0.2, -0.15) is 0 Å². The van der Waals surface area contributed by atoms with Gasteiger partial charge < -0.3 is 16.0 Å². The summed E-state index contributed by atoms with van der Waals surface area (Å²) in [6.07, 6.45) is 19.6. The fraction of sp³-hybridized carbons (Fsp3) is 1.00. The van der Waals surface area contributed by atoms with E-state index in [4.69, 9.17) is 0 Å². The van der Waals surface area contributed by atoms with E-state index in [1.165, 1.54) is 116 Å². The molecular formula is C22H49N3. The fourth-order valence-electron chi connectivity index (χ4n) is 3.25. The summed E-state index contributed by atoms with van der Waals surface area (Å²) in [4.78, 5) is 0. The average Bonchev–Trinajstić information content (AvgIpc) is 2.63. The van der Waals surface area contributed by atoms with Crippen molar-refractivity contribution < 1.29 is 0 Å². The highest BCUT2D eigenvalue weighted by atomic mass is 14.8.